The molecule has 1 aliphatic rings. The highest BCUT2D eigenvalue weighted by atomic mass is 32.2. The first-order chi connectivity index (χ1) is 10.3. The lowest BCUT2D eigenvalue weighted by Crippen LogP contribution is -2.32. The Bertz CT molecular complexity index is 526. The Balaban J connectivity index is 2.13. The third kappa shape index (κ3) is 4.18. The van der Waals surface area contributed by atoms with E-state index in [1.54, 1.807) is 6.07 Å². The number of carbonyl (C=O) groups excluding carboxylic acids is 1. The molecule has 1 aromatic carbocycles. The number of nitrogens with two attached hydrogens (primary N) is 1. The third-order valence-corrected chi connectivity index (χ3v) is 5.73. The molecular formula is C16H20F3NOS. The summed E-state index contributed by atoms with van der Waals surface area (Å²) in [5, 5.41) is -0.535. The van der Waals surface area contributed by atoms with E-state index in [4.69, 9.17) is 5.73 Å². The Labute approximate surface area is 132 Å². The molecule has 0 radical (unpaired) electrons. The molecule has 0 aromatic heterocycles. The van der Waals surface area contributed by atoms with Crippen LogP contribution in [0.15, 0.2) is 24.3 Å². The van der Waals surface area contributed by atoms with Crippen molar-refractivity contribution in [3.05, 3.63) is 35.4 Å². The molecule has 1 amide bonds. The van der Waals surface area contributed by atoms with Crippen molar-refractivity contribution in [2.24, 2.45) is 11.7 Å². The molecule has 2 N–H and O–H groups in total. The van der Waals surface area contributed by atoms with Crippen LogP contribution in [-0.2, 0) is 11.0 Å². The number of alkyl halides is 3. The Kier molecular flexibility index (Phi) is 5.42. The molecule has 122 valence electrons. The zero-order valence-corrected chi connectivity index (χ0v) is 13.2. The van der Waals surface area contributed by atoms with Crippen LogP contribution in [0.25, 0.3) is 0 Å². The summed E-state index contributed by atoms with van der Waals surface area (Å²) in [5.41, 5.74) is 5.42. The first-order valence-electron chi connectivity index (χ1n) is 7.41. The molecule has 1 fully saturated rings. The molecule has 1 aliphatic carbocycles. The maximum Gasteiger partial charge on any atom is 0.416 e. The zero-order valence-electron chi connectivity index (χ0n) is 12.4. The van der Waals surface area contributed by atoms with Gasteiger partial charge in [0.2, 0.25) is 5.91 Å². The molecule has 0 bridgehead atoms. The lowest BCUT2D eigenvalue weighted by atomic mass is 10.0. The zero-order chi connectivity index (χ0) is 16.3. The molecule has 2 rings (SSSR count). The van der Waals surface area contributed by atoms with Crippen molar-refractivity contribution in [3.8, 4) is 0 Å². The second-order valence-electron chi connectivity index (χ2n) is 5.77. The van der Waals surface area contributed by atoms with Gasteiger partial charge in [0.25, 0.3) is 0 Å². The number of rotatable bonds is 5. The van der Waals surface area contributed by atoms with Crippen LogP contribution in [0.4, 0.5) is 13.2 Å². The summed E-state index contributed by atoms with van der Waals surface area (Å²) >= 11 is 1.38. The Morgan fingerprint density at radius 3 is 2.50 bits per heavy atom. The second-order valence-corrected chi connectivity index (χ2v) is 7.26. The highest BCUT2D eigenvalue weighted by Gasteiger charge is 2.33. The van der Waals surface area contributed by atoms with Gasteiger partial charge in [-0.15, -0.1) is 11.8 Å². The second kappa shape index (κ2) is 6.94. The smallest absolute Gasteiger partial charge is 0.369 e. The summed E-state index contributed by atoms with van der Waals surface area (Å²) < 4.78 is 38.4. The Morgan fingerprint density at radius 1 is 1.32 bits per heavy atom. The average molecular weight is 331 g/mol. The maximum atomic E-state index is 12.8. The summed E-state index contributed by atoms with van der Waals surface area (Å²) in [7, 11) is 0. The van der Waals surface area contributed by atoms with E-state index in [0.717, 1.165) is 37.8 Å². The number of halogens is 3. The molecule has 2 nitrogen and oxygen atoms in total. The average Bonchev–Trinajstić information content (AvgIpc) is 2.97. The third-order valence-electron chi connectivity index (χ3n) is 4.14. The Morgan fingerprint density at radius 2 is 1.95 bits per heavy atom. The Hall–Kier alpha value is -1.17. The molecule has 2 unspecified atom stereocenters. The van der Waals surface area contributed by atoms with Crippen LogP contribution >= 0.6 is 11.8 Å². The number of primary amides is 1. The van der Waals surface area contributed by atoms with E-state index in [1.165, 1.54) is 17.8 Å². The summed E-state index contributed by atoms with van der Waals surface area (Å²) in [6.07, 6.45) is -0.235. The molecule has 0 spiro atoms. The normalized spacial score (nSPS) is 19.1. The first-order valence-corrected chi connectivity index (χ1v) is 8.35. The van der Waals surface area contributed by atoms with Crippen molar-refractivity contribution in [3.63, 3.8) is 0 Å². The van der Waals surface area contributed by atoms with Gasteiger partial charge in [-0.1, -0.05) is 31.0 Å². The summed E-state index contributed by atoms with van der Waals surface area (Å²) in [6.45, 7) is 1.82. The minimum absolute atomic E-state index is 0.208. The predicted octanol–water partition coefficient (Wildman–Crippen LogP) is 4.54. The van der Waals surface area contributed by atoms with Gasteiger partial charge in [0, 0.05) is 5.25 Å². The number of thioether (sulfide) groups is 1. The largest absolute Gasteiger partial charge is 0.416 e. The fraction of sp³-hybridized carbons (Fsp3) is 0.562. The maximum absolute atomic E-state index is 12.8. The van der Waals surface area contributed by atoms with Gasteiger partial charge in [0.15, 0.2) is 0 Å². The summed E-state index contributed by atoms with van der Waals surface area (Å²) in [4.78, 5) is 11.7. The molecule has 2 atom stereocenters. The fourth-order valence-corrected chi connectivity index (χ4v) is 4.31. The van der Waals surface area contributed by atoms with Crippen LogP contribution in [-0.4, -0.2) is 11.2 Å². The highest BCUT2D eigenvalue weighted by Crippen LogP contribution is 2.41. The highest BCUT2D eigenvalue weighted by molar-refractivity contribution is 8.00. The molecule has 0 aliphatic heterocycles. The van der Waals surface area contributed by atoms with Crippen LogP contribution in [0.3, 0.4) is 0 Å². The van der Waals surface area contributed by atoms with Gasteiger partial charge < -0.3 is 5.73 Å². The van der Waals surface area contributed by atoms with Gasteiger partial charge in [-0.05, 0) is 37.3 Å². The van der Waals surface area contributed by atoms with E-state index >= 15 is 0 Å². The molecule has 22 heavy (non-hydrogen) atoms. The van der Waals surface area contributed by atoms with E-state index in [2.05, 4.69) is 0 Å². The predicted molar refractivity (Wildman–Crippen MR) is 82.4 cm³/mol. The van der Waals surface area contributed by atoms with Gasteiger partial charge in [-0.25, -0.2) is 0 Å². The molecule has 6 heteroatoms. The summed E-state index contributed by atoms with van der Waals surface area (Å²) in [5.74, 6) is -0.119. The van der Waals surface area contributed by atoms with Crippen LogP contribution in [0.2, 0.25) is 0 Å². The van der Waals surface area contributed by atoms with Crippen molar-refractivity contribution in [1.82, 2.24) is 0 Å². The first kappa shape index (κ1) is 17.2. The van der Waals surface area contributed by atoms with E-state index < -0.39 is 11.7 Å². The fourth-order valence-electron chi connectivity index (χ4n) is 2.94. The molecular weight excluding hydrogens is 311 g/mol. The number of hydrogen-bond donors (Lipinski definition) is 1. The van der Waals surface area contributed by atoms with Crippen molar-refractivity contribution in [2.45, 2.75) is 49.3 Å². The number of amides is 1. The van der Waals surface area contributed by atoms with Crippen LogP contribution in [0, 0.1) is 5.92 Å². The van der Waals surface area contributed by atoms with Gasteiger partial charge in [-0.2, -0.15) is 13.2 Å². The topological polar surface area (TPSA) is 43.1 Å². The van der Waals surface area contributed by atoms with Crippen molar-refractivity contribution >= 4 is 17.7 Å². The summed E-state index contributed by atoms with van der Waals surface area (Å²) in [6, 6.07) is 5.29. The van der Waals surface area contributed by atoms with E-state index in [0.29, 0.717) is 5.56 Å². The number of carbonyl (C=O) groups is 1. The van der Waals surface area contributed by atoms with Crippen LogP contribution in [0.5, 0.6) is 0 Å². The molecule has 1 aromatic rings. The monoisotopic (exact) mass is 331 g/mol. The quantitative estimate of drug-likeness (QED) is 0.860. The van der Waals surface area contributed by atoms with Gasteiger partial charge >= 0.3 is 6.18 Å². The minimum Gasteiger partial charge on any atom is -0.369 e. The minimum atomic E-state index is -4.35. The van der Waals surface area contributed by atoms with Crippen molar-refractivity contribution < 1.29 is 18.0 Å². The standard InChI is InChI=1S/C16H20F3NOS/c1-10(12-7-4-8-13(9-12)16(17,18)19)22-14(15(20)21)11-5-2-3-6-11/h4,7-11,14H,2-3,5-6H2,1H3,(H2,20,21). The van der Waals surface area contributed by atoms with Gasteiger partial charge in [-0.3, -0.25) is 4.79 Å². The van der Waals surface area contributed by atoms with Crippen molar-refractivity contribution in [2.75, 3.05) is 0 Å². The van der Waals surface area contributed by atoms with Gasteiger partial charge in [0.1, 0.15) is 0 Å². The molecule has 1 saturated carbocycles. The molecule has 0 saturated heterocycles. The van der Waals surface area contributed by atoms with Crippen LogP contribution in [0.1, 0.15) is 49.0 Å². The SMILES string of the molecule is CC(SC(C(N)=O)C1CCCC1)c1cccc(C(F)(F)F)c1. The van der Waals surface area contributed by atoms with Gasteiger partial charge in [0.05, 0.1) is 10.8 Å². The number of benzene rings is 1. The van der Waals surface area contributed by atoms with Crippen molar-refractivity contribution in [1.29, 1.82) is 0 Å². The van der Waals surface area contributed by atoms with E-state index in [-0.39, 0.29) is 22.3 Å². The lowest BCUT2D eigenvalue weighted by Gasteiger charge is -2.24. The molecule has 0 heterocycles. The number of hydrogen-bond acceptors (Lipinski definition) is 2. The van der Waals surface area contributed by atoms with E-state index in [9.17, 15) is 18.0 Å². The lowest BCUT2D eigenvalue weighted by molar-refractivity contribution is -0.137. The van der Waals surface area contributed by atoms with Crippen LogP contribution < -0.4 is 5.73 Å². The van der Waals surface area contributed by atoms with E-state index in [1.807, 2.05) is 6.92 Å².